The lowest BCUT2D eigenvalue weighted by Gasteiger charge is -2.16. The van der Waals surface area contributed by atoms with Crippen LogP contribution in [-0.4, -0.2) is 17.2 Å². The van der Waals surface area contributed by atoms with E-state index in [1.807, 2.05) is 0 Å². The zero-order chi connectivity index (χ0) is 5.98. The molecule has 0 aromatic rings. The van der Waals surface area contributed by atoms with Crippen LogP contribution in [0, 0.1) is 0 Å². The van der Waals surface area contributed by atoms with Gasteiger partial charge in [0.2, 0.25) is 5.91 Å². The fourth-order valence-corrected chi connectivity index (χ4v) is 0.786. The van der Waals surface area contributed by atoms with Crippen molar-refractivity contribution in [1.29, 1.82) is 0 Å². The topological polar surface area (TPSA) is 49.3 Å². The Hall–Kier alpha value is -0.570. The first-order valence-corrected chi connectivity index (χ1v) is 2.76. The Kier molecular flexibility index (Phi) is 1.48. The number of nitrogens with one attached hydrogen (secondary N) is 1. The second-order valence-electron chi connectivity index (χ2n) is 1.98. The van der Waals surface area contributed by atoms with E-state index >= 15 is 0 Å². The molecule has 1 aliphatic rings. The highest BCUT2D eigenvalue weighted by atomic mass is 16.3. The lowest BCUT2D eigenvalue weighted by molar-refractivity contribution is -0.126. The molecule has 1 aliphatic heterocycles. The molecule has 0 aromatic heterocycles. The highest BCUT2D eigenvalue weighted by Gasteiger charge is 2.13. The summed E-state index contributed by atoms with van der Waals surface area (Å²) in [5.74, 6) is -0.0382. The molecule has 1 heterocycles. The Morgan fingerprint density at radius 3 is 2.88 bits per heavy atom. The van der Waals surface area contributed by atoms with Gasteiger partial charge in [0.05, 0.1) is 0 Å². The number of aliphatic hydroxyl groups is 1. The molecule has 0 aliphatic carbocycles. The first kappa shape index (κ1) is 5.56. The van der Waals surface area contributed by atoms with Gasteiger partial charge < -0.3 is 10.4 Å². The first-order chi connectivity index (χ1) is 3.79. The van der Waals surface area contributed by atoms with Crippen LogP contribution in [0.25, 0.3) is 0 Å². The molecule has 0 radical (unpaired) electrons. The Bertz CT molecular complexity index is 103. The lowest BCUT2D eigenvalue weighted by Crippen LogP contribution is -2.38. The van der Waals surface area contributed by atoms with Gasteiger partial charge >= 0.3 is 0 Å². The van der Waals surface area contributed by atoms with Crippen molar-refractivity contribution in [2.75, 3.05) is 0 Å². The molecule has 1 rings (SSSR count). The summed E-state index contributed by atoms with van der Waals surface area (Å²) < 4.78 is 0. The maximum atomic E-state index is 10.4. The largest absolute Gasteiger partial charge is 0.374 e. The number of amides is 1. The molecule has 3 nitrogen and oxygen atoms in total. The zero-order valence-electron chi connectivity index (χ0n) is 4.55. The number of hydrogen-bond acceptors (Lipinski definition) is 2. The number of rotatable bonds is 0. The Balaban J connectivity index is 2.34. The first-order valence-electron chi connectivity index (χ1n) is 2.76. The summed E-state index contributed by atoms with van der Waals surface area (Å²) in [5, 5.41) is 11.1. The second-order valence-corrected chi connectivity index (χ2v) is 1.98. The SMILES string of the molecule is O=C1CCC[C@H](O)N1. The van der Waals surface area contributed by atoms with Gasteiger partial charge in [-0.3, -0.25) is 4.79 Å². The second kappa shape index (κ2) is 2.13. The molecular formula is C5H9NO2. The van der Waals surface area contributed by atoms with E-state index < -0.39 is 6.23 Å². The van der Waals surface area contributed by atoms with Gasteiger partial charge in [0.1, 0.15) is 6.23 Å². The third-order valence-electron chi connectivity index (χ3n) is 1.21. The van der Waals surface area contributed by atoms with Gasteiger partial charge in [0.15, 0.2) is 0 Å². The predicted octanol–water partition coefficient (Wildman–Crippen LogP) is -0.395. The van der Waals surface area contributed by atoms with Crippen molar-refractivity contribution in [2.45, 2.75) is 25.5 Å². The van der Waals surface area contributed by atoms with Crippen LogP contribution in [0.4, 0.5) is 0 Å². The molecule has 8 heavy (non-hydrogen) atoms. The molecule has 0 bridgehead atoms. The Morgan fingerprint density at radius 2 is 2.50 bits per heavy atom. The van der Waals surface area contributed by atoms with Gasteiger partial charge in [-0.05, 0) is 12.8 Å². The fourth-order valence-electron chi connectivity index (χ4n) is 0.786. The Labute approximate surface area is 47.7 Å². The van der Waals surface area contributed by atoms with E-state index in [1.165, 1.54) is 0 Å². The molecule has 46 valence electrons. The van der Waals surface area contributed by atoms with Gasteiger partial charge in [-0.2, -0.15) is 0 Å². The average Bonchev–Trinajstić information content (AvgIpc) is 1.64. The van der Waals surface area contributed by atoms with Gasteiger partial charge in [0.25, 0.3) is 0 Å². The number of carbonyl (C=O) groups is 1. The summed E-state index contributed by atoms with van der Waals surface area (Å²) in [7, 11) is 0. The van der Waals surface area contributed by atoms with Crippen LogP contribution in [0.5, 0.6) is 0 Å². The van der Waals surface area contributed by atoms with Crippen LogP contribution in [0.2, 0.25) is 0 Å². The van der Waals surface area contributed by atoms with Crippen LogP contribution in [-0.2, 0) is 4.79 Å². The quantitative estimate of drug-likeness (QED) is 0.451. The maximum Gasteiger partial charge on any atom is 0.221 e. The van der Waals surface area contributed by atoms with Gasteiger partial charge in [-0.1, -0.05) is 0 Å². The van der Waals surface area contributed by atoms with Gasteiger partial charge in [-0.25, -0.2) is 0 Å². The summed E-state index contributed by atoms with van der Waals surface area (Å²) in [6.07, 6.45) is 1.49. The van der Waals surface area contributed by atoms with E-state index in [1.54, 1.807) is 0 Å². The number of hydrogen-bond donors (Lipinski definition) is 2. The highest BCUT2D eigenvalue weighted by molar-refractivity contribution is 5.76. The van der Waals surface area contributed by atoms with Crippen LogP contribution in [0.1, 0.15) is 19.3 Å². The van der Waals surface area contributed by atoms with E-state index in [-0.39, 0.29) is 5.91 Å². The minimum atomic E-state index is -0.587. The van der Waals surface area contributed by atoms with Crippen molar-refractivity contribution in [3.63, 3.8) is 0 Å². The molecule has 0 unspecified atom stereocenters. The standard InChI is InChI=1S/C5H9NO2/c7-4-2-1-3-5(8)6-4/h4,7H,1-3H2,(H,6,8)/t4-/m0/s1. The molecule has 1 fully saturated rings. The van der Waals surface area contributed by atoms with Crippen molar-refractivity contribution >= 4 is 5.91 Å². The summed E-state index contributed by atoms with van der Waals surface area (Å²) in [6, 6.07) is 0. The van der Waals surface area contributed by atoms with Crippen LogP contribution < -0.4 is 5.32 Å². The van der Waals surface area contributed by atoms with E-state index in [0.29, 0.717) is 12.8 Å². The van der Waals surface area contributed by atoms with Crippen molar-refractivity contribution < 1.29 is 9.90 Å². The number of aliphatic hydroxyl groups excluding tert-OH is 1. The van der Waals surface area contributed by atoms with E-state index in [4.69, 9.17) is 5.11 Å². The average molecular weight is 115 g/mol. The molecule has 1 atom stereocenters. The molecule has 1 amide bonds. The summed E-state index contributed by atoms with van der Waals surface area (Å²) >= 11 is 0. The third-order valence-corrected chi connectivity index (χ3v) is 1.21. The zero-order valence-corrected chi connectivity index (χ0v) is 4.55. The van der Waals surface area contributed by atoms with Crippen molar-refractivity contribution in [1.82, 2.24) is 5.32 Å². The summed E-state index contributed by atoms with van der Waals surface area (Å²) in [5.41, 5.74) is 0. The molecular weight excluding hydrogens is 106 g/mol. The molecule has 3 heteroatoms. The Morgan fingerprint density at radius 1 is 1.75 bits per heavy atom. The van der Waals surface area contributed by atoms with Crippen LogP contribution in [0.15, 0.2) is 0 Å². The minimum Gasteiger partial charge on any atom is -0.374 e. The van der Waals surface area contributed by atoms with Gasteiger partial charge in [0, 0.05) is 6.42 Å². The fraction of sp³-hybridized carbons (Fsp3) is 0.800. The van der Waals surface area contributed by atoms with Crippen LogP contribution >= 0.6 is 0 Å². The lowest BCUT2D eigenvalue weighted by atomic mass is 10.1. The van der Waals surface area contributed by atoms with E-state index in [0.717, 1.165) is 6.42 Å². The third kappa shape index (κ3) is 1.20. The number of piperidine rings is 1. The molecule has 2 N–H and O–H groups in total. The maximum absolute atomic E-state index is 10.4. The number of carbonyl (C=O) groups excluding carboxylic acids is 1. The minimum absolute atomic E-state index is 0.0382. The van der Waals surface area contributed by atoms with Gasteiger partial charge in [-0.15, -0.1) is 0 Å². The van der Waals surface area contributed by atoms with Crippen molar-refractivity contribution in [3.8, 4) is 0 Å². The van der Waals surface area contributed by atoms with Crippen molar-refractivity contribution in [2.24, 2.45) is 0 Å². The van der Waals surface area contributed by atoms with Crippen molar-refractivity contribution in [3.05, 3.63) is 0 Å². The molecule has 1 saturated heterocycles. The normalized spacial score (nSPS) is 29.6. The molecule has 0 saturated carbocycles. The smallest absolute Gasteiger partial charge is 0.221 e. The monoisotopic (exact) mass is 115 g/mol. The van der Waals surface area contributed by atoms with Crippen LogP contribution in [0.3, 0.4) is 0 Å². The van der Waals surface area contributed by atoms with E-state index in [9.17, 15) is 4.79 Å². The summed E-state index contributed by atoms with van der Waals surface area (Å²) in [6.45, 7) is 0. The van der Waals surface area contributed by atoms with E-state index in [2.05, 4.69) is 5.32 Å². The highest BCUT2D eigenvalue weighted by Crippen LogP contribution is 2.04. The predicted molar refractivity (Wildman–Crippen MR) is 28.0 cm³/mol. The summed E-state index contributed by atoms with van der Waals surface area (Å²) in [4.78, 5) is 10.4. The molecule has 0 aromatic carbocycles. The molecule has 0 spiro atoms.